The van der Waals surface area contributed by atoms with Crippen LogP contribution in [0.5, 0.6) is 17.2 Å². The molecule has 0 spiro atoms. The second-order valence-corrected chi connectivity index (χ2v) is 34.5. The first-order valence-corrected chi connectivity index (χ1v) is 40.1. The summed E-state index contributed by atoms with van der Waals surface area (Å²) in [5.41, 5.74) is 8.42. The lowest BCUT2D eigenvalue weighted by Crippen LogP contribution is -2.23. The Bertz CT molecular complexity index is 5420. The van der Waals surface area contributed by atoms with Crippen LogP contribution < -0.4 is 49.6 Å². The Balaban J connectivity index is 0.000000212. The van der Waals surface area contributed by atoms with Gasteiger partial charge in [-0.25, -0.2) is 44.1 Å². The second-order valence-electron chi connectivity index (χ2n) is 28.9. The van der Waals surface area contributed by atoms with Crippen molar-refractivity contribution < 1.29 is 73.3 Å². The molecule has 0 saturated carbocycles. The fourth-order valence-corrected chi connectivity index (χ4v) is 12.6. The zero-order valence-corrected chi connectivity index (χ0v) is 67.9. The Hall–Kier alpha value is -12.1. The molecule has 8 N–H and O–H groups in total. The van der Waals surface area contributed by atoms with E-state index in [1.807, 2.05) is 106 Å². The van der Waals surface area contributed by atoms with Gasteiger partial charge in [-0.15, -0.1) is 15.3 Å². The van der Waals surface area contributed by atoms with Gasteiger partial charge in [-0.05, 0) is 160 Å². The van der Waals surface area contributed by atoms with E-state index in [4.69, 9.17) is 30.9 Å². The van der Waals surface area contributed by atoms with Crippen LogP contribution in [0.2, 0.25) is 0 Å². The van der Waals surface area contributed by atoms with Crippen LogP contribution in [0.15, 0.2) is 140 Å². The molecule has 0 saturated heterocycles. The van der Waals surface area contributed by atoms with Gasteiger partial charge in [0.25, 0.3) is 28.9 Å². The number of carbonyl (C=O) groups excluding carboxylic acids is 5. The molecule has 7 aromatic carbocycles. The maximum atomic E-state index is 13.5. The molecule has 0 radical (unpaired) electrons. The number of aromatic nitrogens is 9. The second kappa shape index (κ2) is 34.5. The summed E-state index contributed by atoms with van der Waals surface area (Å²) in [5, 5.41) is 42.9. The SMILES string of the molecule is COc1c(NC(=O)c2ccc(C)c(-n3cc(C(=O)Cl)nn3)c2)cc(C(C)(C)C)cc1NS(C)(=O)=O.COc1c(NC(=O)c2ccc(C)c(-n3cc(C(=O)NCc4ccccc4)nn3)c2)cc(C(C)(C)C)cc1NS(C)(=O)=O.COc1c(NC(=O)c2ccc(C)c(-n3cc(C(=O)O)nn3)c2)cc(C(C)(C)C)cc1NS(C)(=O)=O. The van der Waals surface area contributed by atoms with Crippen molar-refractivity contribution in [2.45, 2.75) is 106 Å². The minimum atomic E-state index is -3.62. The fourth-order valence-electron chi connectivity index (χ4n) is 10.8. The van der Waals surface area contributed by atoms with Gasteiger partial charge in [0.2, 0.25) is 30.1 Å². The molecule has 592 valence electrons. The van der Waals surface area contributed by atoms with Crippen LogP contribution in [0.3, 0.4) is 0 Å². The number of carboxylic acid groups (broad SMARTS) is 1. The Morgan fingerprint density at radius 1 is 0.420 bits per heavy atom. The van der Waals surface area contributed by atoms with Gasteiger partial charge in [-0.3, -0.25) is 38.1 Å². The molecule has 3 aromatic heterocycles. The van der Waals surface area contributed by atoms with Crippen LogP contribution in [-0.2, 0) is 52.9 Å². The number of ether oxygens (including phenoxy) is 3. The number of benzene rings is 7. The van der Waals surface area contributed by atoms with E-state index < -0.39 is 59.0 Å². The van der Waals surface area contributed by atoms with Crippen molar-refractivity contribution in [1.82, 2.24) is 50.3 Å². The highest BCUT2D eigenvalue weighted by atomic mass is 35.5. The summed E-state index contributed by atoms with van der Waals surface area (Å²) < 4.78 is 99.7. The van der Waals surface area contributed by atoms with Crippen molar-refractivity contribution in [3.63, 3.8) is 0 Å². The van der Waals surface area contributed by atoms with E-state index >= 15 is 0 Å². The smallest absolute Gasteiger partial charge is 0.358 e. The largest absolute Gasteiger partial charge is 0.492 e. The number of aromatic carboxylic acids is 1. The number of hydrogen-bond acceptors (Lipinski definition) is 21. The number of anilines is 6. The molecule has 10 aromatic rings. The number of halogens is 1. The van der Waals surface area contributed by atoms with Crippen molar-refractivity contribution in [2.24, 2.45) is 0 Å². The number of hydrogen-bond donors (Lipinski definition) is 8. The molecule has 112 heavy (non-hydrogen) atoms. The Morgan fingerprint density at radius 2 is 0.714 bits per heavy atom. The van der Waals surface area contributed by atoms with E-state index in [0.717, 1.165) is 57.7 Å². The molecule has 0 unspecified atom stereocenters. The molecule has 3 heterocycles. The summed E-state index contributed by atoms with van der Waals surface area (Å²) in [4.78, 5) is 75.0. The number of methoxy groups -OCH3 is 3. The van der Waals surface area contributed by atoms with Crippen LogP contribution in [0.25, 0.3) is 17.1 Å². The summed E-state index contributed by atoms with van der Waals surface area (Å²) in [6.45, 7) is 23.5. The van der Waals surface area contributed by atoms with Crippen molar-refractivity contribution in [3.05, 3.63) is 213 Å². The Kier molecular flexibility index (Phi) is 26.3. The zero-order valence-electron chi connectivity index (χ0n) is 64.7. The lowest BCUT2D eigenvalue weighted by atomic mass is 9.86. The normalized spacial score (nSPS) is 11.7. The van der Waals surface area contributed by atoms with Gasteiger partial charge < -0.3 is 40.6 Å². The average molecular weight is 1610 g/mol. The maximum absolute atomic E-state index is 13.5. The summed E-state index contributed by atoms with van der Waals surface area (Å²) in [7, 11) is -6.67. The zero-order chi connectivity index (χ0) is 82.9. The van der Waals surface area contributed by atoms with Gasteiger partial charge in [-0.1, -0.05) is 126 Å². The molecule has 0 aliphatic heterocycles. The number of nitrogens with zero attached hydrogens (tertiary/aromatic N) is 9. The third-order valence-corrected chi connectivity index (χ3v) is 18.7. The maximum Gasteiger partial charge on any atom is 0.358 e. The molecule has 32 nitrogen and oxygen atoms in total. The minimum Gasteiger partial charge on any atom is -0.492 e. The molecule has 0 bridgehead atoms. The number of amides is 4. The first kappa shape index (κ1) is 85.5. The van der Waals surface area contributed by atoms with Gasteiger partial charge in [-0.2, -0.15) is 0 Å². The fraction of sp³-hybridized carbons (Fsp3) is 0.289. The molecule has 36 heteroatoms. The predicted molar refractivity (Wildman–Crippen MR) is 427 cm³/mol. The van der Waals surface area contributed by atoms with Crippen molar-refractivity contribution in [3.8, 4) is 34.3 Å². The number of aryl methyl sites for hydroxylation is 3. The quantitative estimate of drug-likeness (QED) is 0.0276. The van der Waals surface area contributed by atoms with Crippen LogP contribution in [0.4, 0.5) is 34.1 Å². The third kappa shape index (κ3) is 22.6. The molecule has 4 amide bonds. The van der Waals surface area contributed by atoms with Crippen LogP contribution in [0.1, 0.15) is 164 Å². The molecular weight excluding hydrogens is 1520 g/mol. The van der Waals surface area contributed by atoms with E-state index in [9.17, 15) is 54.0 Å². The number of sulfonamides is 3. The Morgan fingerprint density at radius 3 is 0.991 bits per heavy atom. The monoisotopic (exact) mass is 1610 g/mol. The van der Waals surface area contributed by atoms with Crippen LogP contribution in [0, 0.1) is 20.8 Å². The third-order valence-electron chi connectivity index (χ3n) is 16.7. The van der Waals surface area contributed by atoms with E-state index in [1.54, 1.807) is 97.9 Å². The van der Waals surface area contributed by atoms with Gasteiger partial charge in [0.1, 0.15) is 0 Å². The van der Waals surface area contributed by atoms with E-state index in [0.29, 0.717) is 46.1 Å². The highest BCUT2D eigenvalue weighted by molar-refractivity contribution is 7.92. The molecule has 10 rings (SSSR count). The highest BCUT2D eigenvalue weighted by Crippen LogP contribution is 2.43. The molecule has 0 fully saturated rings. The standard InChI is InChI=1S/C30H34N6O5S.C23H26ClN5O5S.C23H27N5O6S/c1-19-12-13-21(14-26(19)36-18-25(33-35-36)29(38)31-17-20-10-8-7-9-11-20)28(37)32-23-15-22(30(2,3)4)16-24(27(23)41-5)34-42(6,39)40;1-13-7-8-14(9-19(13)29-12-18(21(24)30)26-28-29)22(31)25-16-10-15(23(2,3)4)11-17(20(16)34-5)27-35(6,32)33;1-13-7-8-14(9-19(13)28-12-18(22(30)31)25-27-28)21(29)24-16-10-15(23(2,3)4)11-17(20(16)34-5)26-35(6,32)33/h7-16,18,34H,17H2,1-6H3,(H,31,38)(H,32,37);7-12,27H,1-6H3,(H,25,31);7-12,26H,1-6H3,(H,24,29)(H,30,31). The number of carboxylic acids is 1. The number of carbonyl (C=O) groups is 6. The lowest BCUT2D eigenvalue weighted by molar-refractivity contribution is 0.0689. The van der Waals surface area contributed by atoms with E-state index in [-0.39, 0.29) is 84.8 Å². The van der Waals surface area contributed by atoms with Crippen LogP contribution in [-0.4, -0.2) is 150 Å². The van der Waals surface area contributed by atoms with Crippen LogP contribution >= 0.6 is 11.6 Å². The van der Waals surface area contributed by atoms with Gasteiger partial charge in [0, 0.05) is 23.2 Å². The van der Waals surface area contributed by atoms with E-state index in [1.165, 1.54) is 54.0 Å². The minimum absolute atomic E-state index is 0.0180. The first-order valence-electron chi connectivity index (χ1n) is 34.0. The Labute approximate surface area is 653 Å². The van der Waals surface area contributed by atoms with Gasteiger partial charge in [0.05, 0.1) is 110 Å². The number of nitrogens with one attached hydrogen (secondary N) is 7. The summed E-state index contributed by atoms with van der Waals surface area (Å²) >= 11 is 5.47. The van der Waals surface area contributed by atoms with E-state index in [2.05, 4.69) is 66.4 Å². The number of rotatable bonds is 23. The lowest BCUT2D eigenvalue weighted by Gasteiger charge is -2.24. The van der Waals surface area contributed by atoms with Crippen molar-refractivity contribution in [2.75, 3.05) is 70.2 Å². The summed E-state index contributed by atoms with van der Waals surface area (Å²) in [6.07, 6.45) is 7.25. The first-order chi connectivity index (χ1) is 52.1. The van der Waals surface area contributed by atoms with Gasteiger partial charge >= 0.3 is 5.97 Å². The molecule has 0 atom stereocenters. The molecule has 0 aliphatic rings. The van der Waals surface area contributed by atoms with Gasteiger partial charge in [0.15, 0.2) is 34.3 Å². The van der Waals surface area contributed by atoms with Crippen molar-refractivity contribution >= 4 is 111 Å². The summed E-state index contributed by atoms with van der Waals surface area (Å²) in [5.74, 6) is -2.48. The molecule has 0 aliphatic carbocycles. The average Bonchev–Trinajstić information content (AvgIpc) is 1.16. The molecular formula is C76H87ClN16O16S3. The van der Waals surface area contributed by atoms with Crippen molar-refractivity contribution in [1.29, 1.82) is 0 Å². The predicted octanol–water partition coefficient (Wildman–Crippen LogP) is 11.5. The summed E-state index contributed by atoms with van der Waals surface area (Å²) in [6, 6.07) is 34.7. The topological polar surface area (TPSA) is 429 Å². The highest BCUT2D eigenvalue weighted by Gasteiger charge is 2.28.